The van der Waals surface area contributed by atoms with Gasteiger partial charge in [-0.2, -0.15) is 5.26 Å². The Morgan fingerprint density at radius 2 is 1.90 bits per heavy atom. The second kappa shape index (κ2) is 9.56. The van der Waals surface area contributed by atoms with Crippen molar-refractivity contribution < 1.29 is 18.8 Å². The van der Waals surface area contributed by atoms with Crippen LogP contribution in [0, 0.1) is 17.1 Å². The third kappa shape index (κ3) is 4.38. The number of nitriles is 1. The van der Waals surface area contributed by atoms with Crippen LogP contribution in [0.15, 0.2) is 42.6 Å². The van der Waals surface area contributed by atoms with E-state index in [0.29, 0.717) is 23.6 Å². The summed E-state index contributed by atoms with van der Waals surface area (Å²) in [5.41, 5.74) is 9.55. The fourth-order valence-electron chi connectivity index (χ4n) is 5.43. The average molecular weight is 526 g/mol. The lowest BCUT2D eigenvalue weighted by Gasteiger charge is -2.39. The van der Waals surface area contributed by atoms with E-state index in [1.54, 1.807) is 24.4 Å². The summed E-state index contributed by atoms with van der Waals surface area (Å²) in [5, 5.41) is 11.2. The van der Waals surface area contributed by atoms with E-state index in [-0.39, 0.29) is 47.9 Å². The van der Waals surface area contributed by atoms with Crippen LogP contribution in [0.1, 0.15) is 51.5 Å². The van der Waals surface area contributed by atoms with Crippen molar-refractivity contribution in [3.05, 3.63) is 76.4 Å². The van der Waals surface area contributed by atoms with Crippen LogP contribution < -0.4 is 11.1 Å². The van der Waals surface area contributed by atoms with Crippen LogP contribution in [-0.2, 0) is 22.7 Å². The molecule has 3 N–H and O–H groups in total. The van der Waals surface area contributed by atoms with Crippen LogP contribution in [0.3, 0.4) is 0 Å². The standard InChI is InChI=1S/C28H24FN7O3/c29-25-19(4-3-18-20(25)14-36(28(18)39)23-7-8-24(37)34-27(23)38)22-6-2-16(26(31)33-22)11-35-12-17(13-35)21-5-1-15(9-30)10-32-21/h1-6,10,17,23H,7-8,11-14H2,(H2,31,33)(H,34,37,38)/t23-/m1/s1. The van der Waals surface area contributed by atoms with E-state index in [0.717, 1.165) is 24.3 Å². The smallest absolute Gasteiger partial charge is 0.255 e. The number of piperidine rings is 1. The molecule has 0 radical (unpaired) electrons. The second-order valence-corrected chi connectivity index (χ2v) is 10.1. The van der Waals surface area contributed by atoms with Gasteiger partial charge in [-0.05, 0) is 36.8 Å². The number of carbonyl (C=O) groups is 3. The Kier molecular flexibility index (Phi) is 6.04. The highest BCUT2D eigenvalue weighted by atomic mass is 19.1. The van der Waals surface area contributed by atoms with Crippen molar-refractivity contribution in [2.24, 2.45) is 0 Å². The Morgan fingerprint density at radius 1 is 1.10 bits per heavy atom. The van der Waals surface area contributed by atoms with Crippen molar-refractivity contribution in [2.75, 3.05) is 18.8 Å². The minimum absolute atomic E-state index is 0.0576. The largest absolute Gasteiger partial charge is 0.383 e. The van der Waals surface area contributed by atoms with E-state index in [9.17, 15) is 14.4 Å². The summed E-state index contributed by atoms with van der Waals surface area (Å²) in [4.78, 5) is 49.1. The van der Waals surface area contributed by atoms with E-state index >= 15 is 4.39 Å². The van der Waals surface area contributed by atoms with Gasteiger partial charge < -0.3 is 10.6 Å². The van der Waals surface area contributed by atoms with Crippen LogP contribution in [-0.4, -0.2) is 56.6 Å². The summed E-state index contributed by atoms with van der Waals surface area (Å²) in [6.07, 6.45) is 1.92. The van der Waals surface area contributed by atoms with Gasteiger partial charge in [-0.15, -0.1) is 0 Å². The fraction of sp³-hybridized carbons (Fsp3) is 0.286. The molecule has 1 aromatic carbocycles. The molecular weight excluding hydrogens is 501 g/mol. The number of nitrogens with zero attached hydrogens (tertiary/aromatic N) is 5. The first kappa shape index (κ1) is 24.6. The number of hydrogen-bond donors (Lipinski definition) is 2. The molecule has 3 amide bonds. The monoisotopic (exact) mass is 525 g/mol. The van der Waals surface area contributed by atoms with Crippen LogP contribution in [0.25, 0.3) is 11.3 Å². The quantitative estimate of drug-likeness (QED) is 0.482. The van der Waals surface area contributed by atoms with Crippen molar-refractivity contribution in [3.8, 4) is 17.3 Å². The van der Waals surface area contributed by atoms with Crippen LogP contribution in [0.2, 0.25) is 0 Å². The van der Waals surface area contributed by atoms with Gasteiger partial charge >= 0.3 is 0 Å². The molecule has 3 aliphatic rings. The zero-order chi connectivity index (χ0) is 27.3. The number of halogens is 1. The van der Waals surface area contributed by atoms with Crippen molar-refractivity contribution >= 4 is 23.5 Å². The molecule has 10 nitrogen and oxygen atoms in total. The second-order valence-electron chi connectivity index (χ2n) is 10.1. The number of imide groups is 1. The van der Waals surface area contributed by atoms with Gasteiger partial charge in [0.2, 0.25) is 11.8 Å². The molecule has 2 fully saturated rings. The van der Waals surface area contributed by atoms with Crippen LogP contribution in [0.5, 0.6) is 0 Å². The zero-order valence-corrected chi connectivity index (χ0v) is 20.9. The number of fused-ring (bicyclic) bond motifs is 1. The Bertz CT molecular complexity index is 1560. The SMILES string of the molecule is N#Cc1ccc(C2CN(Cc3ccc(-c4ccc5c(c4F)CN([C@@H]4CCC(=O)NC4=O)C5=O)nc3N)C2)nc1. The highest BCUT2D eigenvalue weighted by Gasteiger charge is 2.40. The molecule has 0 saturated carbocycles. The molecule has 0 aliphatic carbocycles. The minimum atomic E-state index is -0.813. The highest BCUT2D eigenvalue weighted by Crippen LogP contribution is 2.35. The lowest BCUT2D eigenvalue weighted by Crippen LogP contribution is -2.52. The molecule has 6 rings (SSSR count). The van der Waals surface area contributed by atoms with Crippen molar-refractivity contribution in [3.63, 3.8) is 0 Å². The molecule has 0 spiro atoms. The molecule has 11 heteroatoms. The number of nitrogens with one attached hydrogen (secondary N) is 1. The molecular formula is C28H24FN7O3. The number of pyridine rings is 2. The maximum atomic E-state index is 15.6. The van der Waals surface area contributed by atoms with E-state index in [2.05, 4.69) is 26.3 Å². The minimum Gasteiger partial charge on any atom is -0.383 e. The molecule has 5 heterocycles. The summed E-state index contributed by atoms with van der Waals surface area (Å²) in [5.74, 6) is -1.34. The number of rotatable bonds is 5. The summed E-state index contributed by atoms with van der Waals surface area (Å²) >= 11 is 0. The van der Waals surface area contributed by atoms with Crippen molar-refractivity contribution in [2.45, 2.75) is 37.9 Å². The first-order valence-electron chi connectivity index (χ1n) is 12.6. The summed E-state index contributed by atoms with van der Waals surface area (Å²) in [7, 11) is 0. The van der Waals surface area contributed by atoms with Crippen LogP contribution >= 0.6 is 0 Å². The van der Waals surface area contributed by atoms with E-state index in [1.165, 1.54) is 11.0 Å². The van der Waals surface area contributed by atoms with Gasteiger partial charge in [-0.3, -0.25) is 29.6 Å². The first-order chi connectivity index (χ1) is 18.8. The van der Waals surface area contributed by atoms with Crippen LogP contribution in [0.4, 0.5) is 10.2 Å². The van der Waals surface area contributed by atoms with E-state index in [1.807, 2.05) is 12.1 Å². The molecule has 3 aromatic rings. The van der Waals surface area contributed by atoms with Crippen molar-refractivity contribution in [1.82, 2.24) is 25.1 Å². The molecule has 196 valence electrons. The number of amides is 3. The molecule has 3 aliphatic heterocycles. The number of nitrogen functional groups attached to an aromatic ring is 1. The van der Waals surface area contributed by atoms with Gasteiger partial charge in [0.1, 0.15) is 23.7 Å². The summed E-state index contributed by atoms with van der Waals surface area (Å²) in [6.45, 7) is 2.14. The summed E-state index contributed by atoms with van der Waals surface area (Å²) < 4.78 is 15.6. The number of nitrogens with two attached hydrogens (primary N) is 1. The lowest BCUT2D eigenvalue weighted by atomic mass is 9.94. The van der Waals surface area contributed by atoms with Gasteiger partial charge in [0, 0.05) is 66.1 Å². The third-order valence-electron chi connectivity index (χ3n) is 7.62. The average Bonchev–Trinajstić information content (AvgIpc) is 3.24. The highest BCUT2D eigenvalue weighted by molar-refractivity contribution is 6.05. The van der Waals surface area contributed by atoms with E-state index < -0.39 is 23.7 Å². The molecule has 2 aromatic heterocycles. The summed E-state index contributed by atoms with van der Waals surface area (Å²) in [6, 6.07) is 11.5. The topological polar surface area (TPSA) is 145 Å². The normalized spacial score (nSPS) is 19.4. The fourth-order valence-corrected chi connectivity index (χ4v) is 5.43. The predicted molar refractivity (Wildman–Crippen MR) is 137 cm³/mol. The maximum absolute atomic E-state index is 15.6. The van der Waals surface area contributed by atoms with Gasteiger partial charge in [-0.25, -0.2) is 9.37 Å². The Balaban J connectivity index is 1.15. The van der Waals surface area contributed by atoms with Crippen molar-refractivity contribution in [1.29, 1.82) is 5.26 Å². The number of hydrogen-bond acceptors (Lipinski definition) is 8. The van der Waals surface area contributed by atoms with Gasteiger partial charge in [-0.1, -0.05) is 6.07 Å². The molecule has 2 saturated heterocycles. The van der Waals surface area contributed by atoms with Gasteiger partial charge in [0.25, 0.3) is 5.91 Å². The zero-order valence-electron chi connectivity index (χ0n) is 20.9. The molecule has 1 atom stereocenters. The number of anilines is 1. The molecule has 0 bridgehead atoms. The molecule has 39 heavy (non-hydrogen) atoms. The maximum Gasteiger partial charge on any atom is 0.255 e. The molecule has 0 unspecified atom stereocenters. The number of aromatic nitrogens is 2. The Labute approximate surface area is 223 Å². The predicted octanol–water partition coefficient (Wildman–Crippen LogP) is 2.10. The van der Waals surface area contributed by atoms with Gasteiger partial charge in [0.05, 0.1) is 17.8 Å². The Hall–Kier alpha value is -4.69. The van der Waals surface area contributed by atoms with Gasteiger partial charge in [0.15, 0.2) is 0 Å². The Morgan fingerprint density at radius 3 is 2.59 bits per heavy atom. The lowest BCUT2D eigenvalue weighted by molar-refractivity contribution is -0.136. The number of carbonyl (C=O) groups excluding carboxylic acids is 3. The van der Waals surface area contributed by atoms with E-state index in [4.69, 9.17) is 11.0 Å². The third-order valence-corrected chi connectivity index (χ3v) is 7.62. The number of benzene rings is 1. The first-order valence-corrected chi connectivity index (χ1v) is 12.6. The number of likely N-dealkylation sites (tertiary alicyclic amines) is 1.